The molecule has 0 radical (unpaired) electrons. The summed E-state index contributed by atoms with van der Waals surface area (Å²) in [7, 11) is 0. The first-order chi connectivity index (χ1) is 5.58. The lowest BCUT2D eigenvalue weighted by Crippen LogP contribution is -2.24. The number of hydrogen-bond acceptors (Lipinski definition) is 1. The van der Waals surface area contributed by atoms with Crippen molar-refractivity contribution in [3.05, 3.63) is 12.2 Å². The van der Waals surface area contributed by atoms with Crippen LogP contribution in [0.2, 0.25) is 0 Å². The standard InChI is InChI=1S/C11H20O/c1-5-11(6-2)8(3)7-10(12)9(11)4/h8,10,12H,4-7H2,1-3H3/t8-,10+/m0/s1. The van der Waals surface area contributed by atoms with Crippen LogP contribution in [0.5, 0.6) is 0 Å². The minimum atomic E-state index is -0.250. The first kappa shape index (κ1) is 9.79. The number of hydrogen-bond donors (Lipinski definition) is 1. The van der Waals surface area contributed by atoms with Crippen molar-refractivity contribution in [3.8, 4) is 0 Å². The van der Waals surface area contributed by atoms with Crippen molar-refractivity contribution in [3.63, 3.8) is 0 Å². The summed E-state index contributed by atoms with van der Waals surface area (Å²) >= 11 is 0. The molecule has 0 aromatic carbocycles. The van der Waals surface area contributed by atoms with Gasteiger partial charge in [-0.15, -0.1) is 0 Å². The predicted molar refractivity (Wildman–Crippen MR) is 51.9 cm³/mol. The summed E-state index contributed by atoms with van der Waals surface area (Å²) in [5.74, 6) is 0.593. The van der Waals surface area contributed by atoms with Crippen molar-refractivity contribution >= 4 is 0 Å². The Balaban J connectivity index is 2.93. The van der Waals surface area contributed by atoms with E-state index < -0.39 is 0 Å². The van der Waals surface area contributed by atoms with Crippen LogP contribution in [0, 0.1) is 11.3 Å². The Bertz CT molecular complexity index is 179. The highest BCUT2D eigenvalue weighted by Gasteiger charge is 2.44. The molecule has 0 heterocycles. The molecule has 1 aliphatic rings. The Morgan fingerprint density at radius 2 is 2.00 bits per heavy atom. The molecule has 0 saturated heterocycles. The Morgan fingerprint density at radius 3 is 2.17 bits per heavy atom. The lowest BCUT2D eigenvalue weighted by molar-refractivity contribution is 0.210. The van der Waals surface area contributed by atoms with Crippen LogP contribution >= 0.6 is 0 Å². The highest BCUT2D eigenvalue weighted by Crippen LogP contribution is 2.51. The second-order valence-electron chi connectivity index (χ2n) is 4.04. The Hall–Kier alpha value is -0.300. The minimum Gasteiger partial charge on any atom is -0.389 e. The van der Waals surface area contributed by atoms with Gasteiger partial charge in [-0.25, -0.2) is 0 Å². The molecule has 0 aromatic rings. The molecule has 1 rings (SSSR count). The Morgan fingerprint density at radius 1 is 1.50 bits per heavy atom. The van der Waals surface area contributed by atoms with E-state index in [9.17, 15) is 5.11 Å². The zero-order valence-corrected chi connectivity index (χ0v) is 8.43. The van der Waals surface area contributed by atoms with Crippen molar-refractivity contribution in [2.75, 3.05) is 0 Å². The van der Waals surface area contributed by atoms with Crippen LogP contribution in [0.4, 0.5) is 0 Å². The zero-order chi connectivity index (χ0) is 9.35. The molecule has 1 aliphatic carbocycles. The van der Waals surface area contributed by atoms with Crippen LogP contribution in [0.1, 0.15) is 40.0 Å². The molecule has 0 unspecified atom stereocenters. The van der Waals surface area contributed by atoms with Gasteiger partial charge in [0.1, 0.15) is 0 Å². The summed E-state index contributed by atoms with van der Waals surface area (Å²) in [6.45, 7) is 10.7. The van der Waals surface area contributed by atoms with E-state index in [0.29, 0.717) is 5.92 Å². The smallest absolute Gasteiger partial charge is 0.0755 e. The maximum absolute atomic E-state index is 9.67. The molecule has 1 heteroatoms. The van der Waals surface area contributed by atoms with E-state index >= 15 is 0 Å². The van der Waals surface area contributed by atoms with E-state index in [2.05, 4.69) is 27.4 Å². The van der Waals surface area contributed by atoms with Crippen LogP contribution in [0.3, 0.4) is 0 Å². The van der Waals surface area contributed by atoms with Gasteiger partial charge in [-0.1, -0.05) is 27.4 Å². The third-order valence-electron chi connectivity index (χ3n) is 3.82. The van der Waals surface area contributed by atoms with Crippen molar-refractivity contribution in [2.24, 2.45) is 11.3 Å². The molecule has 0 bridgehead atoms. The van der Waals surface area contributed by atoms with Crippen LogP contribution in [0.25, 0.3) is 0 Å². The van der Waals surface area contributed by atoms with Gasteiger partial charge in [0.05, 0.1) is 6.10 Å². The number of aliphatic hydroxyl groups excluding tert-OH is 1. The van der Waals surface area contributed by atoms with Gasteiger partial charge in [0.2, 0.25) is 0 Å². The topological polar surface area (TPSA) is 20.2 Å². The second-order valence-corrected chi connectivity index (χ2v) is 4.04. The molecule has 12 heavy (non-hydrogen) atoms. The lowest BCUT2D eigenvalue weighted by atomic mass is 9.72. The van der Waals surface area contributed by atoms with Crippen LogP contribution in [0.15, 0.2) is 12.2 Å². The quantitative estimate of drug-likeness (QED) is 0.629. The van der Waals surface area contributed by atoms with Crippen molar-refractivity contribution < 1.29 is 5.11 Å². The van der Waals surface area contributed by atoms with Gasteiger partial charge in [-0.3, -0.25) is 0 Å². The molecule has 70 valence electrons. The largest absolute Gasteiger partial charge is 0.389 e. The average molecular weight is 168 g/mol. The summed E-state index contributed by atoms with van der Waals surface area (Å²) in [5.41, 5.74) is 1.29. The van der Waals surface area contributed by atoms with E-state index in [-0.39, 0.29) is 11.5 Å². The van der Waals surface area contributed by atoms with E-state index in [1.165, 1.54) is 0 Å². The first-order valence-corrected chi connectivity index (χ1v) is 4.95. The normalized spacial score (nSPS) is 34.2. The monoisotopic (exact) mass is 168 g/mol. The maximum Gasteiger partial charge on any atom is 0.0755 e. The molecule has 1 N–H and O–H groups in total. The molecule has 2 atom stereocenters. The molecule has 0 aliphatic heterocycles. The molecule has 1 fully saturated rings. The highest BCUT2D eigenvalue weighted by molar-refractivity contribution is 5.22. The number of aliphatic hydroxyl groups is 1. The van der Waals surface area contributed by atoms with Gasteiger partial charge in [0.25, 0.3) is 0 Å². The van der Waals surface area contributed by atoms with Gasteiger partial charge in [-0.05, 0) is 36.2 Å². The predicted octanol–water partition coefficient (Wildman–Crippen LogP) is 2.75. The second kappa shape index (κ2) is 3.21. The Kier molecular flexibility index (Phi) is 2.62. The molecule has 1 saturated carbocycles. The highest BCUT2D eigenvalue weighted by atomic mass is 16.3. The van der Waals surface area contributed by atoms with Gasteiger partial charge in [0, 0.05) is 0 Å². The van der Waals surface area contributed by atoms with Gasteiger partial charge in [0.15, 0.2) is 0 Å². The van der Waals surface area contributed by atoms with Crippen LogP contribution < -0.4 is 0 Å². The van der Waals surface area contributed by atoms with Gasteiger partial charge < -0.3 is 5.11 Å². The SMILES string of the molecule is C=C1[C@H](O)C[C@H](C)C1(CC)CC. The van der Waals surface area contributed by atoms with Crippen molar-refractivity contribution in [1.82, 2.24) is 0 Å². The fourth-order valence-electron chi connectivity index (χ4n) is 2.75. The van der Waals surface area contributed by atoms with E-state index in [1.807, 2.05) is 0 Å². The molecule has 1 nitrogen and oxygen atoms in total. The van der Waals surface area contributed by atoms with E-state index in [4.69, 9.17) is 0 Å². The maximum atomic E-state index is 9.67. The van der Waals surface area contributed by atoms with Crippen LogP contribution in [-0.2, 0) is 0 Å². The van der Waals surface area contributed by atoms with Crippen molar-refractivity contribution in [2.45, 2.75) is 46.1 Å². The minimum absolute atomic E-state index is 0.222. The molecular weight excluding hydrogens is 148 g/mol. The van der Waals surface area contributed by atoms with Gasteiger partial charge in [-0.2, -0.15) is 0 Å². The Labute approximate surface area is 75.5 Å². The van der Waals surface area contributed by atoms with E-state index in [0.717, 1.165) is 24.8 Å². The third-order valence-corrected chi connectivity index (χ3v) is 3.82. The average Bonchev–Trinajstić information content (AvgIpc) is 2.26. The molecule has 0 spiro atoms. The number of rotatable bonds is 2. The van der Waals surface area contributed by atoms with Crippen molar-refractivity contribution in [1.29, 1.82) is 0 Å². The fourth-order valence-corrected chi connectivity index (χ4v) is 2.75. The molecule has 0 amide bonds. The summed E-state index contributed by atoms with van der Waals surface area (Å²) < 4.78 is 0. The zero-order valence-electron chi connectivity index (χ0n) is 8.43. The summed E-state index contributed by atoms with van der Waals surface area (Å²) in [6.07, 6.45) is 2.88. The molecular formula is C11H20O. The lowest BCUT2D eigenvalue weighted by Gasteiger charge is -2.32. The summed E-state index contributed by atoms with van der Waals surface area (Å²) in [4.78, 5) is 0. The molecule has 0 aromatic heterocycles. The first-order valence-electron chi connectivity index (χ1n) is 4.95. The fraction of sp³-hybridized carbons (Fsp3) is 0.818. The van der Waals surface area contributed by atoms with E-state index in [1.54, 1.807) is 0 Å². The van der Waals surface area contributed by atoms with Crippen LogP contribution in [-0.4, -0.2) is 11.2 Å². The third kappa shape index (κ3) is 1.11. The van der Waals surface area contributed by atoms with Gasteiger partial charge >= 0.3 is 0 Å². The summed E-state index contributed by atoms with van der Waals surface area (Å²) in [6, 6.07) is 0. The summed E-state index contributed by atoms with van der Waals surface area (Å²) in [5, 5.41) is 9.67.